The van der Waals surface area contributed by atoms with E-state index in [4.69, 9.17) is 0 Å². The van der Waals surface area contributed by atoms with Gasteiger partial charge in [0.25, 0.3) is 0 Å². The predicted octanol–water partition coefficient (Wildman–Crippen LogP) is 1.10. The molecule has 5 heteroatoms. The van der Waals surface area contributed by atoms with Crippen molar-refractivity contribution in [1.82, 2.24) is 5.32 Å². The summed E-state index contributed by atoms with van der Waals surface area (Å²) < 4.78 is 0. The summed E-state index contributed by atoms with van der Waals surface area (Å²) in [6.07, 6.45) is 0. The van der Waals surface area contributed by atoms with Gasteiger partial charge in [-0.25, -0.2) is 4.79 Å². The Balaban J connectivity index is 2.90. The van der Waals surface area contributed by atoms with Crippen LogP contribution in [0.5, 0.6) is 0 Å². The lowest BCUT2D eigenvalue weighted by molar-refractivity contribution is -0.138. The zero-order valence-corrected chi connectivity index (χ0v) is 10.7. The molecule has 0 saturated carbocycles. The molecule has 1 aromatic carbocycles. The third-order valence-electron chi connectivity index (χ3n) is 2.52. The SMILES string of the molecule is CNCCN(c1ccccc1)C(CS)C(=O)O. The van der Waals surface area contributed by atoms with Crippen LogP contribution in [0.4, 0.5) is 5.69 Å². The van der Waals surface area contributed by atoms with Gasteiger partial charge in [0.15, 0.2) is 0 Å². The van der Waals surface area contributed by atoms with E-state index in [1.165, 1.54) is 0 Å². The van der Waals surface area contributed by atoms with E-state index in [9.17, 15) is 9.90 Å². The number of thiol groups is 1. The minimum absolute atomic E-state index is 0.286. The molecule has 2 N–H and O–H groups in total. The number of carboxylic acid groups (broad SMARTS) is 1. The maximum atomic E-state index is 11.2. The number of carboxylic acids is 1. The molecule has 4 nitrogen and oxygen atoms in total. The summed E-state index contributed by atoms with van der Waals surface area (Å²) in [7, 11) is 1.85. The van der Waals surface area contributed by atoms with E-state index in [2.05, 4.69) is 17.9 Å². The van der Waals surface area contributed by atoms with E-state index >= 15 is 0 Å². The first-order valence-corrected chi connectivity index (χ1v) is 6.14. The van der Waals surface area contributed by atoms with E-state index < -0.39 is 12.0 Å². The fraction of sp³-hybridized carbons (Fsp3) is 0.417. The van der Waals surface area contributed by atoms with Crippen LogP contribution in [0.15, 0.2) is 30.3 Å². The molecular weight excluding hydrogens is 236 g/mol. The highest BCUT2D eigenvalue weighted by molar-refractivity contribution is 7.80. The van der Waals surface area contributed by atoms with Gasteiger partial charge in [0.2, 0.25) is 0 Å². The van der Waals surface area contributed by atoms with Crippen molar-refractivity contribution in [1.29, 1.82) is 0 Å². The lowest BCUT2D eigenvalue weighted by atomic mass is 10.2. The first-order valence-electron chi connectivity index (χ1n) is 5.50. The van der Waals surface area contributed by atoms with E-state index in [0.29, 0.717) is 6.54 Å². The Morgan fingerprint density at radius 3 is 2.59 bits per heavy atom. The number of hydrogen-bond acceptors (Lipinski definition) is 4. The summed E-state index contributed by atoms with van der Waals surface area (Å²) in [5, 5.41) is 12.2. The number of benzene rings is 1. The van der Waals surface area contributed by atoms with Crippen LogP contribution >= 0.6 is 12.6 Å². The Kier molecular flexibility index (Phi) is 5.86. The third-order valence-corrected chi connectivity index (χ3v) is 2.87. The molecule has 0 aliphatic heterocycles. The second-order valence-electron chi connectivity index (χ2n) is 3.67. The van der Waals surface area contributed by atoms with Crippen LogP contribution in [0.3, 0.4) is 0 Å². The number of carbonyl (C=O) groups is 1. The van der Waals surface area contributed by atoms with Crippen molar-refractivity contribution in [3.63, 3.8) is 0 Å². The Morgan fingerprint density at radius 1 is 1.47 bits per heavy atom. The average Bonchev–Trinajstić information content (AvgIpc) is 2.35. The van der Waals surface area contributed by atoms with Crippen LogP contribution in [-0.4, -0.2) is 43.0 Å². The van der Waals surface area contributed by atoms with Crippen molar-refractivity contribution in [2.24, 2.45) is 0 Å². The highest BCUT2D eigenvalue weighted by atomic mass is 32.1. The topological polar surface area (TPSA) is 52.6 Å². The fourth-order valence-electron chi connectivity index (χ4n) is 1.63. The Morgan fingerprint density at radius 2 is 2.12 bits per heavy atom. The van der Waals surface area contributed by atoms with Crippen LogP contribution in [0.2, 0.25) is 0 Å². The summed E-state index contributed by atoms with van der Waals surface area (Å²) in [6, 6.07) is 8.94. The first-order chi connectivity index (χ1) is 8.20. The van der Waals surface area contributed by atoms with Gasteiger partial charge in [-0.15, -0.1) is 0 Å². The molecule has 1 aromatic rings. The summed E-state index contributed by atoms with van der Waals surface area (Å²) in [5.74, 6) is -0.562. The maximum Gasteiger partial charge on any atom is 0.327 e. The monoisotopic (exact) mass is 254 g/mol. The molecule has 0 bridgehead atoms. The van der Waals surface area contributed by atoms with Crippen LogP contribution < -0.4 is 10.2 Å². The van der Waals surface area contributed by atoms with E-state index in [1.807, 2.05) is 42.3 Å². The number of aliphatic carboxylic acids is 1. The number of rotatable bonds is 7. The Hall–Kier alpha value is -1.20. The zero-order chi connectivity index (χ0) is 12.7. The number of nitrogens with zero attached hydrogens (tertiary/aromatic N) is 1. The molecule has 0 spiro atoms. The Labute approximate surface area is 107 Å². The molecule has 0 fully saturated rings. The third kappa shape index (κ3) is 3.94. The van der Waals surface area contributed by atoms with E-state index in [1.54, 1.807) is 0 Å². The largest absolute Gasteiger partial charge is 0.480 e. The second kappa shape index (κ2) is 7.19. The molecule has 1 atom stereocenters. The average molecular weight is 254 g/mol. The molecule has 0 aliphatic rings. The predicted molar refractivity (Wildman–Crippen MR) is 73.0 cm³/mol. The standard InChI is InChI=1S/C12H18N2O2S/c1-13-7-8-14(11(9-17)12(15)16)10-5-3-2-4-6-10/h2-6,11,13,17H,7-9H2,1H3,(H,15,16). The minimum Gasteiger partial charge on any atom is -0.480 e. The molecule has 0 aliphatic carbocycles. The molecule has 0 saturated heterocycles. The molecule has 1 unspecified atom stereocenters. The summed E-state index contributed by atoms with van der Waals surface area (Å²) in [6.45, 7) is 1.37. The van der Waals surface area contributed by atoms with E-state index in [0.717, 1.165) is 12.2 Å². The van der Waals surface area contributed by atoms with Crippen molar-refractivity contribution in [3.05, 3.63) is 30.3 Å². The Bertz CT molecular complexity index is 346. The first kappa shape index (κ1) is 13.9. The van der Waals surface area contributed by atoms with Gasteiger partial charge in [-0.1, -0.05) is 18.2 Å². The van der Waals surface area contributed by atoms with Crippen molar-refractivity contribution >= 4 is 24.3 Å². The lowest BCUT2D eigenvalue weighted by Gasteiger charge is -2.30. The number of nitrogens with one attached hydrogen (secondary N) is 1. The highest BCUT2D eigenvalue weighted by Gasteiger charge is 2.23. The summed E-state index contributed by atoms with van der Waals surface area (Å²) in [5.41, 5.74) is 0.907. The van der Waals surface area contributed by atoms with Crippen LogP contribution in [-0.2, 0) is 4.79 Å². The van der Waals surface area contributed by atoms with Gasteiger partial charge in [0.05, 0.1) is 0 Å². The second-order valence-corrected chi connectivity index (χ2v) is 4.03. The number of likely N-dealkylation sites (N-methyl/N-ethyl adjacent to an activating group) is 1. The molecular formula is C12H18N2O2S. The maximum absolute atomic E-state index is 11.2. The van der Waals surface area contributed by atoms with Gasteiger partial charge >= 0.3 is 5.97 Å². The molecule has 0 radical (unpaired) electrons. The van der Waals surface area contributed by atoms with Gasteiger partial charge in [-0.3, -0.25) is 0 Å². The fourth-order valence-corrected chi connectivity index (χ4v) is 1.98. The van der Waals surface area contributed by atoms with Gasteiger partial charge in [0.1, 0.15) is 6.04 Å². The number of para-hydroxylation sites is 1. The normalized spacial score (nSPS) is 12.1. The minimum atomic E-state index is -0.847. The van der Waals surface area contributed by atoms with Gasteiger partial charge in [-0.05, 0) is 19.2 Å². The summed E-state index contributed by atoms with van der Waals surface area (Å²) >= 11 is 4.12. The van der Waals surface area contributed by atoms with Crippen molar-refractivity contribution in [2.75, 3.05) is 30.8 Å². The number of anilines is 1. The van der Waals surface area contributed by atoms with Crippen molar-refractivity contribution in [3.8, 4) is 0 Å². The molecule has 0 aromatic heterocycles. The van der Waals surface area contributed by atoms with Gasteiger partial charge in [0, 0.05) is 24.5 Å². The highest BCUT2D eigenvalue weighted by Crippen LogP contribution is 2.17. The lowest BCUT2D eigenvalue weighted by Crippen LogP contribution is -2.45. The molecule has 1 rings (SSSR count). The van der Waals surface area contributed by atoms with Crippen molar-refractivity contribution < 1.29 is 9.90 Å². The van der Waals surface area contributed by atoms with Crippen LogP contribution in [0.1, 0.15) is 0 Å². The summed E-state index contributed by atoms with van der Waals surface area (Å²) in [4.78, 5) is 13.1. The molecule has 0 amide bonds. The zero-order valence-electron chi connectivity index (χ0n) is 9.84. The smallest absolute Gasteiger partial charge is 0.327 e. The van der Waals surface area contributed by atoms with E-state index in [-0.39, 0.29) is 5.75 Å². The van der Waals surface area contributed by atoms with Crippen LogP contribution in [0.25, 0.3) is 0 Å². The quantitative estimate of drug-likeness (QED) is 0.638. The van der Waals surface area contributed by atoms with Crippen molar-refractivity contribution in [2.45, 2.75) is 6.04 Å². The molecule has 0 heterocycles. The van der Waals surface area contributed by atoms with Gasteiger partial charge in [-0.2, -0.15) is 12.6 Å². The number of hydrogen-bond donors (Lipinski definition) is 3. The molecule has 17 heavy (non-hydrogen) atoms. The van der Waals surface area contributed by atoms with Crippen LogP contribution in [0, 0.1) is 0 Å². The molecule has 94 valence electrons. The van der Waals surface area contributed by atoms with Gasteiger partial charge < -0.3 is 15.3 Å².